The van der Waals surface area contributed by atoms with Crippen molar-refractivity contribution in [2.75, 3.05) is 37.8 Å². The molecule has 1 aromatic carbocycles. The van der Waals surface area contributed by atoms with E-state index in [2.05, 4.69) is 5.32 Å². The summed E-state index contributed by atoms with van der Waals surface area (Å²) in [5.74, 6) is 1.81. The Morgan fingerprint density at radius 3 is 2.62 bits per heavy atom. The lowest BCUT2D eigenvalue weighted by molar-refractivity contribution is -0.132. The summed E-state index contributed by atoms with van der Waals surface area (Å²) in [5.41, 5.74) is 0.603. The third-order valence-corrected chi connectivity index (χ3v) is 5.36. The van der Waals surface area contributed by atoms with Crippen molar-refractivity contribution in [3.05, 3.63) is 34.9 Å². The number of rotatable bonds is 2. The predicted octanol–water partition coefficient (Wildman–Crippen LogP) is 2.10. The fourth-order valence-electron chi connectivity index (χ4n) is 2.92. The molecule has 1 unspecified atom stereocenters. The van der Waals surface area contributed by atoms with Crippen LogP contribution in [0.4, 0.5) is 0 Å². The molecule has 2 aliphatic rings. The second-order valence-corrected chi connectivity index (χ2v) is 7.22. The number of nitrogens with zero attached hydrogens (tertiary/aromatic N) is 2. The van der Waals surface area contributed by atoms with Crippen LogP contribution >= 0.6 is 35.8 Å². The van der Waals surface area contributed by atoms with Crippen LogP contribution in [0.2, 0.25) is 5.02 Å². The zero-order valence-electron chi connectivity index (χ0n) is 13.2. The standard InChI is InChI=1S/C16H20ClN3O2S.ClH/c17-13-4-1-3-12(9-13)15(21)19-5-2-6-20(8-7-19)16(22)14-10-23-11-18-14;/h1,3-4,9,14,18H,2,5-8,10-11H2;1H. The van der Waals surface area contributed by atoms with Gasteiger partial charge >= 0.3 is 0 Å². The number of thioether (sulfide) groups is 1. The molecule has 0 spiro atoms. The largest absolute Gasteiger partial charge is 0.339 e. The second-order valence-electron chi connectivity index (χ2n) is 5.75. The lowest BCUT2D eigenvalue weighted by Crippen LogP contribution is -2.46. The molecule has 24 heavy (non-hydrogen) atoms. The predicted molar refractivity (Wildman–Crippen MR) is 100 cm³/mol. The van der Waals surface area contributed by atoms with Crippen LogP contribution in [-0.2, 0) is 4.79 Å². The first kappa shape index (κ1) is 19.4. The summed E-state index contributed by atoms with van der Waals surface area (Å²) in [6.45, 7) is 2.54. The van der Waals surface area contributed by atoms with Crippen LogP contribution in [-0.4, -0.2) is 65.5 Å². The van der Waals surface area contributed by atoms with Crippen molar-refractivity contribution in [3.63, 3.8) is 0 Å². The minimum atomic E-state index is -0.0739. The van der Waals surface area contributed by atoms with E-state index in [0.29, 0.717) is 36.8 Å². The molecule has 1 N–H and O–H groups in total. The number of halogens is 2. The highest BCUT2D eigenvalue weighted by Crippen LogP contribution is 2.16. The van der Waals surface area contributed by atoms with E-state index < -0.39 is 0 Å². The van der Waals surface area contributed by atoms with Crippen LogP contribution in [0.1, 0.15) is 16.8 Å². The number of carbonyl (C=O) groups is 2. The third kappa shape index (κ3) is 4.57. The maximum atomic E-state index is 12.6. The van der Waals surface area contributed by atoms with E-state index in [0.717, 1.165) is 18.1 Å². The highest BCUT2D eigenvalue weighted by Gasteiger charge is 2.29. The van der Waals surface area contributed by atoms with Gasteiger partial charge in [-0.3, -0.25) is 14.9 Å². The van der Waals surface area contributed by atoms with Crippen LogP contribution in [0.3, 0.4) is 0 Å². The van der Waals surface area contributed by atoms with Crippen molar-refractivity contribution in [2.24, 2.45) is 0 Å². The number of benzene rings is 1. The molecule has 0 aromatic heterocycles. The van der Waals surface area contributed by atoms with Gasteiger partial charge < -0.3 is 9.80 Å². The first-order valence-corrected chi connectivity index (χ1v) is 9.33. The lowest BCUT2D eigenvalue weighted by atomic mass is 10.2. The molecule has 1 aromatic rings. The molecule has 2 aliphatic heterocycles. The maximum Gasteiger partial charge on any atom is 0.253 e. The van der Waals surface area contributed by atoms with Gasteiger partial charge in [0.2, 0.25) is 5.91 Å². The summed E-state index contributed by atoms with van der Waals surface area (Å²) < 4.78 is 0. The van der Waals surface area contributed by atoms with Gasteiger partial charge in [-0.1, -0.05) is 17.7 Å². The maximum absolute atomic E-state index is 12.6. The van der Waals surface area contributed by atoms with Gasteiger partial charge in [0.05, 0.1) is 6.04 Å². The van der Waals surface area contributed by atoms with Crippen LogP contribution < -0.4 is 5.32 Å². The van der Waals surface area contributed by atoms with Gasteiger partial charge in [0.15, 0.2) is 0 Å². The van der Waals surface area contributed by atoms with Crippen LogP contribution in [0.5, 0.6) is 0 Å². The van der Waals surface area contributed by atoms with Crippen LogP contribution in [0, 0.1) is 0 Å². The molecular weight excluding hydrogens is 369 g/mol. The molecule has 132 valence electrons. The quantitative estimate of drug-likeness (QED) is 0.841. The Bertz CT molecular complexity index is 596. The molecule has 0 bridgehead atoms. The lowest BCUT2D eigenvalue weighted by Gasteiger charge is -2.24. The second kappa shape index (κ2) is 8.94. The summed E-state index contributed by atoms with van der Waals surface area (Å²) in [6.07, 6.45) is 0.803. The summed E-state index contributed by atoms with van der Waals surface area (Å²) in [5, 5.41) is 3.78. The molecule has 0 radical (unpaired) electrons. The molecule has 5 nitrogen and oxygen atoms in total. The van der Waals surface area contributed by atoms with Gasteiger partial charge in [-0.05, 0) is 24.6 Å². The van der Waals surface area contributed by atoms with E-state index in [1.165, 1.54) is 0 Å². The van der Waals surface area contributed by atoms with Crippen LogP contribution in [0.15, 0.2) is 24.3 Å². The van der Waals surface area contributed by atoms with E-state index in [1.54, 1.807) is 36.0 Å². The third-order valence-electron chi connectivity index (χ3n) is 4.18. The Morgan fingerprint density at radius 1 is 1.17 bits per heavy atom. The van der Waals surface area contributed by atoms with Crippen molar-refractivity contribution < 1.29 is 9.59 Å². The van der Waals surface area contributed by atoms with Gasteiger partial charge in [-0.25, -0.2) is 0 Å². The average molecular weight is 390 g/mol. The van der Waals surface area contributed by atoms with E-state index in [-0.39, 0.29) is 30.3 Å². The molecule has 0 aliphatic carbocycles. The SMILES string of the molecule is Cl.O=C(c1cccc(Cl)c1)N1CCCN(C(=O)C2CSCN2)CC1. The number of carbonyl (C=O) groups excluding carboxylic acids is 2. The van der Waals surface area contributed by atoms with Crippen molar-refractivity contribution >= 4 is 47.6 Å². The van der Waals surface area contributed by atoms with Gasteiger partial charge in [-0.2, -0.15) is 0 Å². The summed E-state index contributed by atoms with van der Waals surface area (Å²) >= 11 is 7.71. The monoisotopic (exact) mass is 389 g/mol. The van der Waals surface area contributed by atoms with Gasteiger partial charge in [0.25, 0.3) is 5.91 Å². The molecule has 8 heteroatoms. The molecule has 2 heterocycles. The molecule has 3 rings (SSSR count). The normalized spacial score (nSPS) is 21.1. The molecule has 2 amide bonds. The van der Waals surface area contributed by atoms with E-state index in [4.69, 9.17) is 11.6 Å². The first-order chi connectivity index (χ1) is 11.1. The first-order valence-electron chi connectivity index (χ1n) is 7.80. The minimum absolute atomic E-state index is 0. The topological polar surface area (TPSA) is 52.7 Å². The summed E-state index contributed by atoms with van der Waals surface area (Å²) in [4.78, 5) is 28.8. The fraction of sp³-hybridized carbons (Fsp3) is 0.500. The Labute approximate surface area is 157 Å². The number of amides is 2. The molecule has 0 saturated carbocycles. The summed E-state index contributed by atoms with van der Waals surface area (Å²) in [7, 11) is 0. The van der Waals surface area contributed by atoms with Crippen LogP contribution in [0.25, 0.3) is 0 Å². The highest BCUT2D eigenvalue weighted by molar-refractivity contribution is 7.99. The summed E-state index contributed by atoms with van der Waals surface area (Å²) in [6, 6.07) is 6.94. The fourth-order valence-corrected chi connectivity index (χ4v) is 4.04. The van der Waals surface area contributed by atoms with Crippen molar-refractivity contribution in [1.29, 1.82) is 0 Å². The Kier molecular flexibility index (Phi) is 7.22. The minimum Gasteiger partial charge on any atom is -0.339 e. The van der Waals surface area contributed by atoms with Crippen molar-refractivity contribution in [3.8, 4) is 0 Å². The average Bonchev–Trinajstić information content (AvgIpc) is 2.98. The smallest absolute Gasteiger partial charge is 0.253 e. The van der Waals surface area contributed by atoms with Gasteiger partial charge in [0, 0.05) is 48.4 Å². The Hall–Kier alpha value is -0.950. The van der Waals surface area contributed by atoms with E-state index >= 15 is 0 Å². The molecule has 1 atom stereocenters. The van der Waals surface area contributed by atoms with Gasteiger partial charge in [-0.15, -0.1) is 24.2 Å². The number of hydrogen-bond acceptors (Lipinski definition) is 4. The zero-order valence-corrected chi connectivity index (χ0v) is 15.6. The zero-order chi connectivity index (χ0) is 16.2. The van der Waals surface area contributed by atoms with Crippen molar-refractivity contribution in [1.82, 2.24) is 15.1 Å². The molecule has 2 fully saturated rings. The molecule has 2 saturated heterocycles. The van der Waals surface area contributed by atoms with E-state index in [1.807, 2.05) is 9.80 Å². The number of nitrogens with one attached hydrogen (secondary N) is 1. The van der Waals surface area contributed by atoms with Gasteiger partial charge in [0.1, 0.15) is 0 Å². The molecular formula is C16H21Cl2N3O2S. The van der Waals surface area contributed by atoms with E-state index in [9.17, 15) is 9.59 Å². The Morgan fingerprint density at radius 2 is 1.92 bits per heavy atom. The number of hydrogen-bond donors (Lipinski definition) is 1. The Balaban J connectivity index is 0.00000208. The van der Waals surface area contributed by atoms with Crippen molar-refractivity contribution in [2.45, 2.75) is 12.5 Å². The highest BCUT2D eigenvalue weighted by atomic mass is 35.5.